The second kappa shape index (κ2) is 4.72. The molecule has 0 aliphatic heterocycles. The maximum Gasteiger partial charge on any atom is 0.260 e. The van der Waals surface area contributed by atoms with Crippen LogP contribution >= 0.6 is 0 Å². The molecule has 0 aliphatic rings. The van der Waals surface area contributed by atoms with Gasteiger partial charge in [0, 0.05) is 12.5 Å². The SMILES string of the molecule is CC(C)Cc1noc(-c2cc(N)c(F)cc2F)n1. The zero-order valence-corrected chi connectivity index (χ0v) is 10.1. The Kier molecular flexibility index (Phi) is 3.27. The first-order valence-electron chi connectivity index (χ1n) is 5.55. The fourth-order valence-electron chi connectivity index (χ4n) is 1.54. The summed E-state index contributed by atoms with van der Waals surface area (Å²) in [5.41, 5.74) is 5.24. The molecule has 0 aliphatic carbocycles. The molecule has 0 spiro atoms. The Morgan fingerprint density at radius 1 is 1.28 bits per heavy atom. The molecular formula is C12H13F2N3O. The molecule has 0 radical (unpaired) electrons. The molecular weight excluding hydrogens is 240 g/mol. The van der Waals surface area contributed by atoms with E-state index in [0.717, 1.165) is 6.07 Å². The number of rotatable bonds is 3. The van der Waals surface area contributed by atoms with E-state index >= 15 is 0 Å². The van der Waals surface area contributed by atoms with Gasteiger partial charge in [0.2, 0.25) is 0 Å². The van der Waals surface area contributed by atoms with Gasteiger partial charge in [-0.3, -0.25) is 0 Å². The second-order valence-electron chi connectivity index (χ2n) is 4.47. The average Bonchev–Trinajstić information content (AvgIpc) is 2.70. The van der Waals surface area contributed by atoms with Crippen molar-refractivity contribution < 1.29 is 13.3 Å². The summed E-state index contributed by atoms with van der Waals surface area (Å²) >= 11 is 0. The summed E-state index contributed by atoms with van der Waals surface area (Å²) in [4.78, 5) is 4.06. The van der Waals surface area contributed by atoms with E-state index in [1.54, 1.807) is 0 Å². The van der Waals surface area contributed by atoms with E-state index in [1.807, 2.05) is 13.8 Å². The Balaban J connectivity index is 2.37. The van der Waals surface area contributed by atoms with Gasteiger partial charge >= 0.3 is 0 Å². The van der Waals surface area contributed by atoms with Crippen LogP contribution in [0.4, 0.5) is 14.5 Å². The van der Waals surface area contributed by atoms with Crippen LogP contribution in [0.2, 0.25) is 0 Å². The molecule has 0 atom stereocenters. The van der Waals surface area contributed by atoms with Crippen LogP contribution in [0, 0.1) is 17.6 Å². The largest absolute Gasteiger partial charge is 0.396 e. The molecule has 0 saturated carbocycles. The molecule has 1 heterocycles. The lowest BCUT2D eigenvalue weighted by atomic mass is 10.1. The molecule has 0 amide bonds. The molecule has 1 aromatic heterocycles. The number of nitrogens with zero attached hydrogens (tertiary/aromatic N) is 2. The first-order valence-corrected chi connectivity index (χ1v) is 5.55. The van der Waals surface area contributed by atoms with E-state index < -0.39 is 11.6 Å². The first-order chi connectivity index (χ1) is 8.47. The summed E-state index contributed by atoms with van der Waals surface area (Å²) in [6.45, 7) is 4.01. The predicted molar refractivity (Wildman–Crippen MR) is 62.6 cm³/mol. The van der Waals surface area contributed by atoms with Crippen LogP contribution in [0.25, 0.3) is 11.5 Å². The Morgan fingerprint density at radius 3 is 2.67 bits per heavy atom. The maximum absolute atomic E-state index is 13.6. The number of nitrogens with two attached hydrogens (primary N) is 1. The molecule has 18 heavy (non-hydrogen) atoms. The Morgan fingerprint density at radius 2 is 2.00 bits per heavy atom. The van der Waals surface area contributed by atoms with E-state index in [1.165, 1.54) is 0 Å². The minimum absolute atomic E-state index is 0.00912. The highest BCUT2D eigenvalue weighted by molar-refractivity contribution is 5.61. The third-order valence-electron chi connectivity index (χ3n) is 2.38. The van der Waals surface area contributed by atoms with Crippen molar-refractivity contribution >= 4 is 5.69 Å². The maximum atomic E-state index is 13.6. The van der Waals surface area contributed by atoms with Crippen LogP contribution in [-0.4, -0.2) is 10.1 Å². The lowest BCUT2D eigenvalue weighted by Crippen LogP contribution is -1.97. The van der Waals surface area contributed by atoms with Crippen LogP contribution in [0.15, 0.2) is 16.7 Å². The summed E-state index contributed by atoms with van der Waals surface area (Å²) < 4.78 is 31.5. The average molecular weight is 253 g/mol. The van der Waals surface area contributed by atoms with E-state index in [9.17, 15) is 8.78 Å². The minimum Gasteiger partial charge on any atom is -0.396 e. The van der Waals surface area contributed by atoms with Gasteiger partial charge in [-0.25, -0.2) is 8.78 Å². The highest BCUT2D eigenvalue weighted by Gasteiger charge is 2.16. The number of anilines is 1. The van der Waals surface area contributed by atoms with Gasteiger partial charge in [-0.1, -0.05) is 19.0 Å². The van der Waals surface area contributed by atoms with E-state index in [0.29, 0.717) is 24.2 Å². The standard InChI is InChI=1S/C12H13F2N3O/c1-6(2)3-11-16-12(18-17-11)7-4-10(15)9(14)5-8(7)13/h4-6H,3,15H2,1-2H3. The fourth-order valence-corrected chi connectivity index (χ4v) is 1.54. The van der Waals surface area contributed by atoms with Gasteiger partial charge in [0.1, 0.15) is 11.6 Å². The van der Waals surface area contributed by atoms with E-state index in [2.05, 4.69) is 10.1 Å². The van der Waals surface area contributed by atoms with Gasteiger partial charge in [0.05, 0.1) is 11.3 Å². The predicted octanol–water partition coefficient (Wildman–Crippen LogP) is 2.80. The van der Waals surface area contributed by atoms with Crippen molar-refractivity contribution in [1.29, 1.82) is 0 Å². The van der Waals surface area contributed by atoms with E-state index in [4.69, 9.17) is 10.3 Å². The van der Waals surface area contributed by atoms with Crippen LogP contribution in [0.1, 0.15) is 19.7 Å². The van der Waals surface area contributed by atoms with Crippen molar-refractivity contribution in [2.45, 2.75) is 20.3 Å². The van der Waals surface area contributed by atoms with Gasteiger partial charge in [-0.15, -0.1) is 0 Å². The van der Waals surface area contributed by atoms with Crippen molar-refractivity contribution in [3.05, 3.63) is 29.6 Å². The van der Waals surface area contributed by atoms with Gasteiger partial charge in [0.15, 0.2) is 5.82 Å². The molecule has 1 aromatic carbocycles. The lowest BCUT2D eigenvalue weighted by Gasteiger charge is -2.00. The quantitative estimate of drug-likeness (QED) is 0.854. The highest BCUT2D eigenvalue weighted by Crippen LogP contribution is 2.25. The first kappa shape index (κ1) is 12.5. The number of hydrogen-bond donors (Lipinski definition) is 1. The second-order valence-corrected chi connectivity index (χ2v) is 4.47. The summed E-state index contributed by atoms with van der Waals surface area (Å²) in [5, 5.41) is 3.74. The lowest BCUT2D eigenvalue weighted by molar-refractivity contribution is 0.415. The Hall–Kier alpha value is -1.98. The molecule has 0 fully saturated rings. The van der Waals surface area contributed by atoms with Crippen LogP contribution in [0.5, 0.6) is 0 Å². The van der Waals surface area contributed by atoms with Crippen LogP contribution < -0.4 is 5.73 Å². The molecule has 2 rings (SSSR count). The molecule has 0 unspecified atom stereocenters. The normalized spacial score (nSPS) is 11.2. The molecule has 2 aromatic rings. The number of nitrogen functional groups attached to an aromatic ring is 1. The van der Waals surface area contributed by atoms with E-state index in [-0.39, 0.29) is 17.1 Å². The molecule has 6 heteroatoms. The smallest absolute Gasteiger partial charge is 0.260 e. The molecule has 0 bridgehead atoms. The summed E-state index contributed by atoms with van der Waals surface area (Å²) in [5.74, 6) is -0.727. The summed E-state index contributed by atoms with van der Waals surface area (Å²) in [6, 6.07) is 1.86. The zero-order valence-electron chi connectivity index (χ0n) is 10.1. The van der Waals surface area contributed by atoms with Crippen molar-refractivity contribution in [3.8, 4) is 11.5 Å². The third kappa shape index (κ3) is 2.47. The Bertz CT molecular complexity index is 566. The molecule has 96 valence electrons. The minimum atomic E-state index is -0.807. The van der Waals surface area contributed by atoms with Crippen LogP contribution in [-0.2, 0) is 6.42 Å². The number of benzene rings is 1. The molecule has 2 N–H and O–H groups in total. The monoisotopic (exact) mass is 253 g/mol. The number of aromatic nitrogens is 2. The van der Waals surface area contributed by atoms with Crippen molar-refractivity contribution in [3.63, 3.8) is 0 Å². The summed E-state index contributed by atoms with van der Waals surface area (Å²) in [7, 11) is 0. The topological polar surface area (TPSA) is 64.9 Å². The summed E-state index contributed by atoms with van der Waals surface area (Å²) in [6.07, 6.45) is 0.627. The molecule has 4 nitrogen and oxygen atoms in total. The number of hydrogen-bond acceptors (Lipinski definition) is 4. The van der Waals surface area contributed by atoms with Gasteiger partial charge in [-0.2, -0.15) is 4.98 Å². The highest BCUT2D eigenvalue weighted by atomic mass is 19.1. The Labute approximate surface area is 103 Å². The van der Waals surface area contributed by atoms with Crippen molar-refractivity contribution in [2.24, 2.45) is 5.92 Å². The van der Waals surface area contributed by atoms with Crippen molar-refractivity contribution in [2.75, 3.05) is 5.73 Å². The number of halogens is 2. The van der Waals surface area contributed by atoms with Crippen molar-refractivity contribution in [1.82, 2.24) is 10.1 Å². The van der Waals surface area contributed by atoms with Gasteiger partial charge in [-0.05, 0) is 12.0 Å². The van der Waals surface area contributed by atoms with Crippen LogP contribution in [0.3, 0.4) is 0 Å². The molecule has 0 saturated heterocycles. The zero-order chi connectivity index (χ0) is 13.3. The van der Waals surface area contributed by atoms with Gasteiger partial charge in [0.25, 0.3) is 5.89 Å². The van der Waals surface area contributed by atoms with Gasteiger partial charge < -0.3 is 10.3 Å². The third-order valence-corrected chi connectivity index (χ3v) is 2.38. The fraction of sp³-hybridized carbons (Fsp3) is 0.333.